The molecule has 0 aromatic carbocycles. The van der Waals surface area contributed by atoms with Crippen LogP contribution >= 0.6 is 0 Å². The largest absolute Gasteiger partial charge is 0.409 e. The molecule has 3 N–H and O–H groups in total. The van der Waals surface area contributed by atoms with E-state index in [1.165, 1.54) is 32.1 Å². The minimum absolute atomic E-state index is 0.206. The van der Waals surface area contributed by atoms with Crippen molar-refractivity contribution in [3.8, 4) is 0 Å². The van der Waals surface area contributed by atoms with Crippen molar-refractivity contribution < 1.29 is 5.21 Å². The highest BCUT2D eigenvalue weighted by Crippen LogP contribution is 2.25. The smallest absolute Gasteiger partial charge is 0.144 e. The van der Waals surface area contributed by atoms with E-state index in [-0.39, 0.29) is 5.41 Å². The Balaban J connectivity index is 2.28. The Morgan fingerprint density at radius 1 is 1.33 bits per heavy atom. The van der Waals surface area contributed by atoms with Crippen molar-refractivity contribution in [2.45, 2.75) is 64.8 Å². The molecule has 0 amide bonds. The average molecular weight is 255 g/mol. The molecule has 0 heterocycles. The predicted octanol–water partition coefficient (Wildman–Crippen LogP) is 2.80. The average Bonchev–Trinajstić information content (AvgIpc) is 2.38. The van der Waals surface area contributed by atoms with E-state index in [2.05, 4.69) is 17.1 Å². The summed E-state index contributed by atoms with van der Waals surface area (Å²) in [5.74, 6) is 0.336. The molecule has 18 heavy (non-hydrogen) atoms. The normalized spacial score (nSPS) is 19.4. The summed E-state index contributed by atoms with van der Waals surface area (Å²) in [6, 6.07) is 0.769. The number of nitrogens with zero attached hydrogens (tertiary/aromatic N) is 2. The zero-order valence-corrected chi connectivity index (χ0v) is 12.2. The third-order valence-corrected chi connectivity index (χ3v) is 4.31. The molecule has 1 fully saturated rings. The van der Waals surface area contributed by atoms with Gasteiger partial charge < -0.3 is 15.8 Å². The van der Waals surface area contributed by atoms with Crippen LogP contribution in [0.1, 0.15) is 58.8 Å². The standard InChI is InChI=1S/C14H29N3O/c1-14(2,13(15)16-18)10-7-11-17(3)12-8-5-4-6-9-12/h12,18H,4-11H2,1-3H3,(H2,15,16). The molecule has 4 heteroatoms. The lowest BCUT2D eigenvalue weighted by Gasteiger charge is -2.32. The van der Waals surface area contributed by atoms with Crippen LogP contribution in [0.3, 0.4) is 0 Å². The molecule has 4 nitrogen and oxygen atoms in total. The second-order valence-corrected chi connectivity index (χ2v) is 6.25. The number of hydrogen-bond donors (Lipinski definition) is 2. The van der Waals surface area contributed by atoms with E-state index < -0.39 is 0 Å². The van der Waals surface area contributed by atoms with Gasteiger partial charge in [-0.2, -0.15) is 0 Å². The van der Waals surface area contributed by atoms with Crippen molar-refractivity contribution in [2.75, 3.05) is 13.6 Å². The monoisotopic (exact) mass is 255 g/mol. The van der Waals surface area contributed by atoms with Gasteiger partial charge >= 0.3 is 0 Å². The lowest BCUT2D eigenvalue weighted by Crippen LogP contribution is -2.36. The van der Waals surface area contributed by atoms with Crippen LogP contribution in [-0.2, 0) is 0 Å². The molecule has 0 unspecified atom stereocenters. The molecule has 1 aliphatic rings. The third kappa shape index (κ3) is 4.48. The van der Waals surface area contributed by atoms with E-state index in [0.717, 1.165) is 25.4 Å². The maximum atomic E-state index is 8.74. The molecule has 0 bridgehead atoms. The zero-order chi connectivity index (χ0) is 13.6. The molecule has 0 spiro atoms. The van der Waals surface area contributed by atoms with Gasteiger partial charge in [0.15, 0.2) is 0 Å². The molecule has 0 saturated heterocycles. The Kier molecular flexibility index (Phi) is 5.93. The molecular weight excluding hydrogens is 226 g/mol. The molecular formula is C14H29N3O. The van der Waals surface area contributed by atoms with Crippen LogP contribution in [0.2, 0.25) is 0 Å². The molecule has 106 valence electrons. The highest BCUT2D eigenvalue weighted by atomic mass is 16.4. The van der Waals surface area contributed by atoms with E-state index in [1.54, 1.807) is 0 Å². The quantitative estimate of drug-likeness (QED) is 0.332. The van der Waals surface area contributed by atoms with Gasteiger partial charge in [0, 0.05) is 11.5 Å². The zero-order valence-electron chi connectivity index (χ0n) is 12.2. The second-order valence-electron chi connectivity index (χ2n) is 6.25. The Labute approximate surface area is 111 Å². The first-order chi connectivity index (χ1) is 8.47. The van der Waals surface area contributed by atoms with Crippen LogP contribution in [0.15, 0.2) is 5.16 Å². The first kappa shape index (κ1) is 15.3. The van der Waals surface area contributed by atoms with Crippen molar-refractivity contribution in [3.63, 3.8) is 0 Å². The Morgan fingerprint density at radius 3 is 2.50 bits per heavy atom. The number of oxime groups is 1. The minimum Gasteiger partial charge on any atom is -0.409 e. The Morgan fingerprint density at radius 2 is 1.94 bits per heavy atom. The second kappa shape index (κ2) is 6.98. The number of amidine groups is 1. The molecule has 1 saturated carbocycles. The highest BCUT2D eigenvalue weighted by molar-refractivity contribution is 5.85. The van der Waals surface area contributed by atoms with Crippen LogP contribution < -0.4 is 5.73 Å². The lowest BCUT2D eigenvalue weighted by molar-refractivity contribution is 0.184. The number of hydrogen-bond acceptors (Lipinski definition) is 3. The maximum Gasteiger partial charge on any atom is 0.144 e. The molecule has 0 atom stereocenters. The summed E-state index contributed by atoms with van der Waals surface area (Å²) < 4.78 is 0. The van der Waals surface area contributed by atoms with Gasteiger partial charge in [-0.25, -0.2) is 0 Å². The van der Waals surface area contributed by atoms with Gasteiger partial charge in [-0.1, -0.05) is 38.3 Å². The topological polar surface area (TPSA) is 61.8 Å². The molecule has 1 rings (SSSR count). The van der Waals surface area contributed by atoms with Crippen molar-refractivity contribution in [3.05, 3.63) is 0 Å². The van der Waals surface area contributed by atoms with Gasteiger partial charge in [0.1, 0.15) is 5.84 Å². The van der Waals surface area contributed by atoms with E-state index in [0.29, 0.717) is 5.84 Å². The third-order valence-electron chi connectivity index (χ3n) is 4.31. The van der Waals surface area contributed by atoms with E-state index in [9.17, 15) is 0 Å². The summed E-state index contributed by atoms with van der Waals surface area (Å²) in [6.07, 6.45) is 8.91. The SMILES string of the molecule is CN(CCCC(C)(C)C(N)=NO)C1CCCCC1. The fraction of sp³-hybridized carbons (Fsp3) is 0.929. The van der Waals surface area contributed by atoms with Gasteiger partial charge in [0.05, 0.1) is 0 Å². The van der Waals surface area contributed by atoms with E-state index in [4.69, 9.17) is 10.9 Å². The van der Waals surface area contributed by atoms with E-state index in [1.807, 2.05) is 13.8 Å². The van der Waals surface area contributed by atoms with Crippen molar-refractivity contribution in [2.24, 2.45) is 16.3 Å². The van der Waals surface area contributed by atoms with Crippen molar-refractivity contribution >= 4 is 5.84 Å². The molecule has 0 aliphatic heterocycles. The first-order valence-electron chi connectivity index (χ1n) is 7.15. The summed E-state index contributed by atoms with van der Waals surface area (Å²) in [6.45, 7) is 5.16. The van der Waals surface area contributed by atoms with Gasteiger partial charge in [0.2, 0.25) is 0 Å². The van der Waals surface area contributed by atoms with Gasteiger partial charge in [-0.15, -0.1) is 0 Å². The van der Waals surface area contributed by atoms with Crippen molar-refractivity contribution in [1.29, 1.82) is 0 Å². The van der Waals surface area contributed by atoms with Crippen LogP contribution in [0.25, 0.3) is 0 Å². The number of nitrogens with two attached hydrogens (primary N) is 1. The predicted molar refractivity (Wildman–Crippen MR) is 75.9 cm³/mol. The lowest BCUT2D eigenvalue weighted by atomic mass is 9.86. The Bertz CT molecular complexity index is 270. The highest BCUT2D eigenvalue weighted by Gasteiger charge is 2.24. The van der Waals surface area contributed by atoms with Gasteiger partial charge in [-0.3, -0.25) is 0 Å². The van der Waals surface area contributed by atoms with Crippen molar-refractivity contribution in [1.82, 2.24) is 4.90 Å². The van der Waals surface area contributed by atoms with Crippen LogP contribution in [0.4, 0.5) is 0 Å². The van der Waals surface area contributed by atoms with Crippen LogP contribution in [-0.4, -0.2) is 35.6 Å². The van der Waals surface area contributed by atoms with Gasteiger partial charge in [-0.05, 0) is 39.3 Å². The fourth-order valence-corrected chi connectivity index (χ4v) is 2.74. The summed E-state index contributed by atoms with van der Waals surface area (Å²) in [5.41, 5.74) is 5.49. The summed E-state index contributed by atoms with van der Waals surface area (Å²) >= 11 is 0. The maximum absolute atomic E-state index is 8.74. The number of rotatable bonds is 6. The molecule has 1 aliphatic carbocycles. The Hall–Kier alpha value is -0.770. The van der Waals surface area contributed by atoms with E-state index >= 15 is 0 Å². The van der Waals surface area contributed by atoms with Gasteiger partial charge in [0.25, 0.3) is 0 Å². The minimum atomic E-state index is -0.206. The summed E-state index contributed by atoms with van der Waals surface area (Å²) in [4.78, 5) is 2.49. The summed E-state index contributed by atoms with van der Waals surface area (Å²) in [5, 5.41) is 11.9. The molecule has 0 radical (unpaired) electrons. The van der Waals surface area contributed by atoms with Crippen LogP contribution in [0, 0.1) is 5.41 Å². The fourth-order valence-electron chi connectivity index (χ4n) is 2.74. The molecule has 0 aromatic heterocycles. The first-order valence-corrected chi connectivity index (χ1v) is 7.15. The summed E-state index contributed by atoms with van der Waals surface area (Å²) in [7, 11) is 2.23. The molecule has 0 aromatic rings. The van der Waals surface area contributed by atoms with Crippen LogP contribution in [0.5, 0.6) is 0 Å².